The van der Waals surface area contributed by atoms with Gasteiger partial charge < -0.3 is 35.2 Å². The van der Waals surface area contributed by atoms with Crippen LogP contribution in [0.4, 0.5) is 26.8 Å². The molecule has 48 heavy (non-hydrogen) atoms. The van der Waals surface area contributed by atoms with Crippen molar-refractivity contribution >= 4 is 40.4 Å². The van der Waals surface area contributed by atoms with Crippen molar-refractivity contribution in [2.75, 3.05) is 74.6 Å². The van der Waals surface area contributed by atoms with E-state index in [0.717, 1.165) is 41.1 Å². The summed E-state index contributed by atoms with van der Waals surface area (Å²) >= 11 is 0. The van der Waals surface area contributed by atoms with Gasteiger partial charge in [-0.1, -0.05) is 18.6 Å². The molecule has 13 nitrogen and oxygen atoms in total. The molecule has 252 valence electrons. The smallest absolute Gasteiger partial charge is 0.407 e. The lowest BCUT2D eigenvalue weighted by molar-refractivity contribution is 0.122. The van der Waals surface area contributed by atoms with Gasteiger partial charge in [0.25, 0.3) is 0 Å². The highest BCUT2D eigenvalue weighted by Crippen LogP contribution is 2.32. The fraction of sp³-hybridized carbons (Fsp3) is 0.457. The Morgan fingerprint density at radius 2 is 1.50 bits per heavy atom. The molecule has 3 saturated heterocycles. The van der Waals surface area contributed by atoms with Crippen molar-refractivity contribution in [3.63, 3.8) is 0 Å². The topological polar surface area (TPSA) is 141 Å². The molecule has 2 aromatic heterocycles. The SMILES string of the molecule is O=C(Nc1ccc(CCN2CCCCC2)cc1)Nc1ccc(-c2nc(N3CCOCC3)c3cnn(C4CCN(C(=O)O)CC4)c3n2)cc1. The van der Waals surface area contributed by atoms with E-state index < -0.39 is 6.09 Å². The molecule has 0 aliphatic carbocycles. The third kappa shape index (κ3) is 7.37. The Labute approximate surface area is 279 Å². The summed E-state index contributed by atoms with van der Waals surface area (Å²) in [4.78, 5) is 40.5. The van der Waals surface area contributed by atoms with Crippen LogP contribution in [0.2, 0.25) is 0 Å². The first-order valence-corrected chi connectivity index (χ1v) is 17.1. The number of carbonyl (C=O) groups excluding carboxylic acids is 1. The van der Waals surface area contributed by atoms with Gasteiger partial charge in [-0.3, -0.25) is 0 Å². The van der Waals surface area contributed by atoms with Gasteiger partial charge in [0.05, 0.1) is 30.8 Å². The van der Waals surface area contributed by atoms with E-state index in [1.807, 2.05) is 47.3 Å². The van der Waals surface area contributed by atoms with Gasteiger partial charge in [-0.2, -0.15) is 5.10 Å². The molecular weight excluding hydrogens is 610 g/mol. The van der Waals surface area contributed by atoms with E-state index in [1.165, 1.54) is 42.8 Å². The summed E-state index contributed by atoms with van der Waals surface area (Å²) in [5.74, 6) is 1.37. The summed E-state index contributed by atoms with van der Waals surface area (Å²) in [6.07, 6.45) is 7.22. The van der Waals surface area contributed by atoms with E-state index in [2.05, 4.69) is 32.6 Å². The highest BCUT2D eigenvalue weighted by atomic mass is 16.5. The molecule has 3 N–H and O–H groups in total. The molecule has 3 aliphatic heterocycles. The number of fused-ring (bicyclic) bond motifs is 1. The van der Waals surface area contributed by atoms with Crippen LogP contribution in [0.5, 0.6) is 0 Å². The Balaban J connectivity index is 1.03. The van der Waals surface area contributed by atoms with Crippen molar-refractivity contribution in [1.29, 1.82) is 0 Å². The van der Waals surface area contributed by atoms with Gasteiger partial charge >= 0.3 is 12.1 Å². The van der Waals surface area contributed by atoms with E-state index in [1.54, 1.807) is 0 Å². The van der Waals surface area contributed by atoms with E-state index in [-0.39, 0.29) is 12.1 Å². The minimum atomic E-state index is -0.888. The number of nitrogens with zero attached hydrogens (tertiary/aromatic N) is 7. The van der Waals surface area contributed by atoms with Crippen LogP contribution >= 0.6 is 0 Å². The number of morpholine rings is 1. The number of urea groups is 1. The number of ether oxygens (including phenoxy) is 1. The number of carbonyl (C=O) groups is 2. The first kappa shape index (κ1) is 31.8. The van der Waals surface area contributed by atoms with Gasteiger partial charge in [0.2, 0.25) is 0 Å². The summed E-state index contributed by atoms with van der Waals surface area (Å²) in [5.41, 5.74) is 4.21. The molecule has 2 aromatic carbocycles. The van der Waals surface area contributed by atoms with Gasteiger partial charge in [-0.25, -0.2) is 24.2 Å². The monoisotopic (exact) mass is 653 g/mol. The summed E-state index contributed by atoms with van der Waals surface area (Å²) in [6, 6.07) is 15.3. The van der Waals surface area contributed by atoms with Crippen LogP contribution in [0.15, 0.2) is 54.7 Å². The Morgan fingerprint density at radius 3 is 2.17 bits per heavy atom. The summed E-state index contributed by atoms with van der Waals surface area (Å²) < 4.78 is 7.53. The number of benzene rings is 2. The number of aromatic nitrogens is 4. The molecule has 0 saturated carbocycles. The van der Waals surface area contributed by atoms with Gasteiger partial charge in [0.15, 0.2) is 11.5 Å². The number of rotatable bonds is 8. The first-order valence-electron chi connectivity index (χ1n) is 17.1. The number of anilines is 3. The molecule has 0 spiro atoms. The molecule has 3 amide bonds. The second kappa shape index (κ2) is 14.6. The molecule has 5 heterocycles. The van der Waals surface area contributed by atoms with Crippen molar-refractivity contribution < 1.29 is 19.4 Å². The number of nitrogens with one attached hydrogen (secondary N) is 2. The van der Waals surface area contributed by atoms with E-state index in [0.29, 0.717) is 63.7 Å². The number of amides is 3. The highest BCUT2D eigenvalue weighted by molar-refractivity contribution is 6.00. The summed E-state index contributed by atoms with van der Waals surface area (Å²) in [5, 5.41) is 20.9. The highest BCUT2D eigenvalue weighted by Gasteiger charge is 2.27. The molecule has 3 aliphatic rings. The Bertz CT molecular complexity index is 1710. The molecule has 4 aromatic rings. The van der Waals surface area contributed by atoms with Gasteiger partial charge in [0.1, 0.15) is 5.82 Å². The maximum Gasteiger partial charge on any atom is 0.407 e. The maximum absolute atomic E-state index is 12.8. The third-order valence-electron chi connectivity index (χ3n) is 9.60. The Kier molecular flexibility index (Phi) is 9.66. The van der Waals surface area contributed by atoms with E-state index >= 15 is 0 Å². The zero-order valence-electron chi connectivity index (χ0n) is 27.2. The molecule has 0 atom stereocenters. The lowest BCUT2D eigenvalue weighted by Crippen LogP contribution is -2.38. The molecular formula is C35H43N9O4. The fourth-order valence-electron chi connectivity index (χ4n) is 6.85. The largest absolute Gasteiger partial charge is 0.465 e. The van der Waals surface area contributed by atoms with Crippen molar-refractivity contribution in [2.45, 2.75) is 44.6 Å². The molecule has 0 radical (unpaired) electrons. The minimum absolute atomic E-state index is 0.0410. The number of hydrogen-bond acceptors (Lipinski definition) is 8. The number of carboxylic acid groups (broad SMARTS) is 1. The zero-order valence-corrected chi connectivity index (χ0v) is 27.2. The molecule has 3 fully saturated rings. The zero-order chi connectivity index (χ0) is 32.9. The summed E-state index contributed by atoms with van der Waals surface area (Å²) in [7, 11) is 0. The summed E-state index contributed by atoms with van der Waals surface area (Å²) in [6.45, 7) is 7.06. The van der Waals surface area contributed by atoms with Crippen molar-refractivity contribution in [2.24, 2.45) is 0 Å². The second-order valence-corrected chi connectivity index (χ2v) is 12.8. The first-order chi connectivity index (χ1) is 23.5. The van der Waals surface area contributed by atoms with Gasteiger partial charge in [-0.05, 0) is 87.2 Å². The number of piperidine rings is 2. The van der Waals surface area contributed by atoms with Crippen LogP contribution < -0.4 is 15.5 Å². The van der Waals surface area contributed by atoms with Crippen LogP contribution in [0.1, 0.15) is 43.7 Å². The normalized spacial score (nSPS) is 17.8. The van der Waals surface area contributed by atoms with Crippen LogP contribution in [0, 0.1) is 0 Å². The predicted molar refractivity (Wildman–Crippen MR) is 185 cm³/mol. The average molecular weight is 654 g/mol. The minimum Gasteiger partial charge on any atom is -0.465 e. The van der Waals surface area contributed by atoms with E-state index in [4.69, 9.17) is 19.8 Å². The molecule has 13 heteroatoms. The van der Waals surface area contributed by atoms with Gasteiger partial charge in [0, 0.05) is 49.7 Å². The number of hydrogen-bond donors (Lipinski definition) is 3. The average Bonchev–Trinajstić information content (AvgIpc) is 3.56. The van der Waals surface area contributed by atoms with E-state index in [9.17, 15) is 14.7 Å². The maximum atomic E-state index is 12.8. The van der Waals surface area contributed by atoms with Gasteiger partial charge in [-0.15, -0.1) is 0 Å². The van der Waals surface area contributed by atoms with Crippen LogP contribution in [-0.2, 0) is 11.2 Å². The molecule has 0 unspecified atom stereocenters. The second-order valence-electron chi connectivity index (χ2n) is 12.8. The van der Waals surface area contributed by atoms with Crippen molar-refractivity contribution in [3.05, 3.63) is 60.3 Å². The van der Waals surface area contributed by atoms with Crippen LogP contribution in [-0.4, -0.2) is 106 Å². The predicted octanol–water partition coefficient (Wildman–Crippen LogP) is 5.32. The molecule has 0 bridgehead atoms. The quantitative estimate of drug-likeness (QED) is 0.231. The van der Waals surface area contributed by atoms with Crippen LogP contribution in [0.25, 0.3) is 22.4 Å². The standard InChI is InChI=1S/C35H43N9O4/c45-34(37-27-8-4-25(5-9-27)12-17-41-15-2-1-3-16-41)38-28-10-6-26(7-11-28)31-39-32(42-20-22-48-23-21-42)30-24-36-44(33(30)40-31)29-13-18-43(19-14-29)35(46)47/h4-11,24,29H,1-3,12-23H2,(H,46,47)(H2,37,38,45). The Hall–Kier alpha value is -4.75. The number of likely N-dealkylation sites (tertiary alicyclic amines) is 2. The van der Waals surface area contributed by atoms with Crippen LogP contribution in [0.3, 0.4) is 0 Å². The fourth-order valence-corrected chi connectivity index (χ4v) is 6.85. The third-order valence-corrected chi connectivity index (χ3v) is 9.60. The lowest BCUT2D eigenvalue weighted by atomic mass is 10.1. The lowest BCUT2D eigenvalue weighted by Gasteiger charge is -2.30. The molecule has 7 rings (SSSR count). The van der Waals surface area contributed by atoms with Crippen molar-refractivity contribution in [3.8, 4) is 11.4 Å². The Morgan fingerprint density at radius 1 is 0.833 bits per heavy atom. The van der Waals surface area contributed by atoms with Crippen molar-refractivity contribution in [1.82, 2.24) is 29.5 Å².